The molecule has 1 saturated heterocycles. The van der Waals surface area contributed by atoms with Gasteiger partial charge in [-0.2, -0.15) is 0 Å². The van der Waals surface area contributed by atoms with Crippen LogP contribution in [0.25, 0.3) is 0 Å². The van der Waals surface area contributed by atoms with E-state index in [0.717, 1.165) is 36.6 Å². The molecule has 2 N–H and O–H groups in total. The Kier molecular flexibility index (Phi) is 10.7. The lowest BCUT2D eigenvalue weighted by Gasteiger charge is -2.35. The van der Waals surface area contributed by atoms with Crippen molar-refractivity contribution in [2.45, 2.75) is 32.7 Å². The van der Waals surface area contributed by atoms with Crippen LogP contribution in [-0.2, 0) is 0 Å². The topological polar surface area (TPSA) is 35.5 Å². The molecule has 1 aliphatic heterocycles. The third-order valence-corrected chi connectivity index (χ3v) is 4.60. The summed E-state index contributed by atoms with van der Waals surface area (Å²) < 4.78 is 0.791. The fourth-order valence-corrected chi connectivity index (χ4v) is 3.17. The minimum absolute atomic E-state index is 0. The first-order chi connectivity index (χ1) is 9.58. The average molecular weight is 414 g/mol. The summed E-state index contributed by atoms with van der Waals surface area (Å²) in [7, 11) is 0. The second-order valence-corrected chi connectivity index (χ2v) is 6.84. The Morgan fingerprint density at radius 3 is 2.36 bits per heavy atom. The molecule has 2 rings (SSSR count). The first kappa shape index (κ1) is 22.0. The van der Waals surface area contributed by atoms with E-state index >= 15 is 0 Å². The molecule has 6 heteroatoms. The number of phenolic OH excluding ortho intramolecular Hbond substituents is 1. The monoisotopic (exact) mass is 412 g/mol. The third-order valence-electron chi connectivity index (χ3n) is 3.97. The minimum Gasteiger partial charge on any atom is -0.507 e. The summed E-state index contributed by atoms with van der Waals surface area (Å²) >= 11 is 3.44. The molecular formula is C16H27BrCl2N2O. The Labute approximate surface area is 154 Å². The number of piperazine rings is 1. The Hall–Kier alpha value is -0.000000000000000111. The summed E-state index contributed by atoms with van der Waals surface area (Å²) in [5.41, 5.74) is 1.30. The van der Waals surface area contributed by atoms with Crippen molar-refractivity contribution in [2.75, 3.05) is 26.2 Å². The van der Waals surface area contributed by atoms with E-state index < -0.39 is 0 Å². The number of nitrogens with one attached hydrogen (secondary N) is 1. The van der Waals surface area contributed by atoms with E-state index in [2.05, 4.69) is 52.1 Å². The molecule has 0 unspecified atom stereocenters. The van der Waals surface area contributed by atoms with Gasteiger partial charge >= 0.3 is 0 Å². The summed E-state index contributed by atoms with van der Waals surface area (Å²) in [6.07, 6.45) is 2.40. The molecule has 1 aromatic rings. The maximum atomic E-state index is 9.68. The Morgan fingerprint density at radius 2 is 1.82 bits per heavy atom. The van der Waals surface area contributed by atoms with E-state index in [1.807, 2.05) is 0 Å². The number of nitrogens with zero attached hydrogens (tertiary/aromatic N) is 1. The average Bonchev–Trinajstić information content (AvgIpc) is 2.44. The number of halogens is 3. The largest absolute Gasteiger partial charge is 0.507 e. The lowest BCUT2D eigenvalue weighted by molar-refractivity contribution is 0.159. The van der Waals surface area contributed by atoms with Gasteiger partial charge in [0.05, 0.1) is 4.47 Å². The standard InChI is InChI=1S/C16H25BrN2O.2ClH/c1-12(2)3-5-15(19-9-7-18-8-10-19)13-4-6-16(20)14(17)11-13;;/h4,6,11-12,15,18,20H,3,5,7-10H2,1-2H3;2*1H/t15-;;/m1../s1. The summed E-state index contributed by atoms with van der Waals surface area (Å²) in [6, 6.07) is 6.39. The highest BCUT2D eigenvalue weighted by atomic mass is 79.9. The van der Waals surface area contributed by atoms with Crippen molar-refractivity contribution in [3.63, 3.8) is 0 Å². The maximum absolute atomic E-state index is 9.68. The summed E-state index contributed by atoms with van der Waals surface area (Å²) in [5.74, 6) is 1.04. The third kappa shape index (κ3) is 6.25. The SMILES string of the molecule is CC(C)CC[C@H](c1ccc(O)c(Br)c1)N1CCNCC1.Cl.Cl. The molecular weight excluding hydrogens is 387 g/mol. The zero-order valence-corrected chi connectivity index (χ0v) is 16.4. The molecule has 0 saturated carbocycles. The predicted molar refractivity (Wildman–Crippen MR) is 102 cm³/mol. The van der Waals surface area contributed by atoms with Crippen molar-refractivity contribution in [1.82, 2.24) is 10.2 Å². The van der Waals surface area contributed by atoms with E-state index in [-0.39, 0.29) is 24.8 Å². The van der Waals surface area contributed by atoms with E-state index in [1.165, 1.54) is 18.4 Å². The number of benzene rings is 1. The summed E-state index contributed by atoms with van der Waals surface area (Å²) in [6.45, 7) is 8.89. The first-order valence-electron chi connectivity index (χ1n) is 7.51. The number of phenols is 1. The van der Waals surface area contributed by atoms with Gasteiger partial charge in [0.25, 0.3) is 0 Å². The van der Waals surface area contributed by atoms with Gasteiger partial charge in [-0.15, -0.1) is 24.8 Å². The summed E-state index contributed by atoms with van der Waals surface area (Å²) in [5, 5.41) is 13.1. The van der Waals surface area contributed by atoms with Crippen LogP contribution in [0.3, 0.4) is 0 Å². The fraction of sp³-hybridized carbons (Fsp3) is 0.625. The van der Waals surface area contributed by atoms with E-state index in [4.69, 9.17) is 0 Å². The highest BCUT2D eigenvalue weighted by molar-refractivity contribution is 9.10. The molecule has 1 atom stereocenters. The van der Waals surface area contributed by atoms with Gasteiger partial charge in [-0.25, -0.2) is 0 Å². The van der Waals surface area contributed by atoms with Crippen molar-refractivity contribution in [1.29, 1.82) is 0 Å². The molecule has 1 fully saturated rings. The van der Waals surface area contributed by atoms with Crippen molar-refractivity contribution in [3.05, 3.63) is 28.2 Å². The van der Waals surface area contributed by atoms with E-state index in [0.29, 0.717) is 11.8 Å². The molecule has 1 aliphatic rings. The lowest BCUT2D eigenvalue weighted by Crippen LogP contribution is -2.45. The molecule has 0 radical (unpaired) electrons. The Bertz CT molecular complexity index is 440. The van der Waals surface area contributed by atoms with Gasteiger partial charge in [0, 0.05) is 32.2 Å². The van der Waals surface area contributed by atoms with Gasteiger partial charge < -0.3 is 10.4 Å². The van der Waals surface area contributed by atoms with Crippen LogP contribution >= 0.6 is 40.7 Å². The quantitative estimate of drug-likeness (QED) is 0.751. The normalized spacial score (nSPS) is 16.7. The predicted octanol–water partition coefficient (Wildman–Crippen LogP) is 4.38. The molecule has 0 aliphatic carbocycles. The molecule has 3 nitrogen and oxygen atoms in total. The van der Waals surface area contributed by atoms with Crippen molar-refractivity contribution in [2.24, 2.45) is 5.92 Å². The Morgan fingerprint density at radius 1 is 1.18 bits per heavy atom. The molecule has 0 amide bonds. The number of hydrogen-bond acceptors (Lipinski definition) is 3. The number of aromatic hydroxyl groups is 1. The number of hydrogen-bond donors (Lipinski definition) is 2. The summed E-state index contributed by atoms with van der Waals surface area (Å²) in [4.78, 5) is 2.57. The van der Waals surface area contributed by atoms with Gasteiger partial charge in [-0.05, 0) is 52.4 Å². The second kappa shape index (κ2) is 10.7. The zero-order valence-electron chi connectivity index (χ0n) is 13.2. The fourth-order valence-electron chi connectivity index (χ4n) is 2.78. The van der Waals surface area contributed by atoms with Gasteiger partial charge in [-0.1, -0.05) is 19.9 Å². The van der Waals surface area contributed by atoms with E-state index in [9.17, 15) is 5.11 Å². The van der Waals surface area contributed by atoms with Gasteiger partial charge in [0.15, 0.2) is 0 Å². The molecule has 0 bridgehead atoms. The van der Waals surface area contributed by atoms with Gasteiger partial charge in [-0.3, -0.25) is 4.90 Å². The smallest absolute Gasteiger partial charge is 0.129 e. The van der Waals surface area contributed by atoms with Crippen LogP contribution < -0.4 is 5.32 Å². The van der Waals surface area contributed by atoms with Crippen LogP contribution in [0.5, 0.6) is 5.75 Å². The second-order valence-electron chi connectivity index (χ2n) is 5.98. The zero-order chi connectivity index (χ0) is 14.5. The van der Waals surface area contributed by atoms with Crippen LogP contribution in [0.1, 0.15) is 38.3 Å². The van der Waals surface area contributed by atoms with Crippen LogP contribution in [0.4, 0.5) is 0 Å². The highest BCUT2D eigenvalue weighted by Crippen LogP contribution is 2.32. The molecule has 1 aromatic carbocycles. The molecule has 22 heavy (non-hydrogen) atoms. The van der Waals surface area contributed by atoms with Gasteiger partial charge in [0.2, 0.25) is 0 Å². The highest BCUT2D eigenvalue weighted by Gasteiger charge is 2.22. The van der Waals surface area contributed by atoms with Crippen LogP contribution in [0.2, 0.25) is 0 Å². The van der Waals surface area contributed by atoms with Crippen LogP contribution in [0.15, 0.2) is 22.7 Å². The molecule has 128 valence electrons. The van der Waals surface area contributed by atoms with Gasteiger partial charge in [0.1, 0.15) is 5.75 Å². The number of rotatable bonds is 5. The van der Waals surface area contributed by atoms with Crippen LogP contribution in [-0.4, -0.2) is 36.2 Å². The van der Waals surface area contributed by atoms with E-state index in [1.54, 1.807) is 6.07 Å². The van der Waals surface area contributed by atoms with Crippen LogP contribution in [0, 0.1) is 5.92 Å². The minimum atomic E-state index is 0. The van der Waals surface area contributed by atoms with Crippen molar-refractivity contribution >= 4 is 40.7 Å². The lowest BCUT2D eigenvalue weighted by atomic mass is 9.95. The molecule has 0 aromatic heterocycles. The van der Waals surface area contributed by atoms with Crippen molar-refractivity contribution in [3.8, 4) is 5.75 Å². The van der Waals surface area contributed by atoms with Crippen molar-refractivity contribution < 1.29 is 5.11 Å². The Balaban J connectivity index is 0.00000220. The first-order valence-corrected chi connectivity index (χ1v) is 8.30. The maximum Gasteiger partial charge on any atom is 0.129 e. The molecule has 0 spiro atoms. The molecule has 1 heterocycles.